The zero-order valence-electron chi connectivity index (χ0n) is 12.6. The molecule has 108 valence electrons. The van der Waals surface area contributed by atoms with Gasteiger partial charge in [0.1, 0.15) is 5.76 Å². The molecule has 19 heavy (non-hydrogen) atoms. The van der Waals surface area contributed by atoms with Crippen LogP contribution in [0.4, 0.5) is 0 Å². The van der Waals surface area contributed by atoms with Crippen molar-refractivity contribution in [2.75, 3.05) is 13.6 Å². The van der Waals surface area contributed by atoms with Crippen LogP contribution >= 0.6 is 0 Å². The molecule has 0 amide bonds. The molecule has 1 heterocycles. The molecular formula is C16H28N2O. The van der Waals surface area contributed by atoms with Crippen LogP contribution in [-0.2, 0) is 6.54 Å². The van der Waals surface area contributed by atoms with Crippen molar-refractivity contribution in [1.82, 2.24) is 4.90 Å². The van der Waals surface area contributed by atoms with E-state index >= 15 is 0 Å². The SMILES string of the molecule is CC(C)C1CCCCC1(CN)N(C)Cc1ccco1. The van der Waals surface area contributed by atoms with Crippen LogP contribution in [0.15, 0.2) is 22.8 Å². The van der Waals surface area contributed by atoms with Crippen LogP contribution < -0.4 is 5.73 Å². The van der Waals surface area contributed by atoms with E-state index in [4.69, 9.17) is 10.2 Å². The molecule has 0 bridgehead atoms. The quantitative estimate of drug-likeness (QED) is 0.887. The van der Waals surface area contributed by atoms with Crippen LogP contribution in [0.3, 0.4) is 0 Å². The minimum atomic E-state index is 0.138. The molecule has 0 radical (unpaired) electrons. The first-order valence-electron chi connectivity index (χ1n) is 7.54. The molecule has 0 spiro atoms. The van der Waals surface area contributed by atoms with Crippen LogP contribution in [0, 0.1) is 11.8 Å². The lowest BCUT2D eigenvalue weighted by Crippen LogP contribution is -2.59. The fourth-order valence-corrected chi connectivity index (χ4v) is 3.88. The van der Waals surface area contributed by atoms with Crippen molar-refractivity contribution in [3.05, 3.63) is 24.2 Å². The van der Waals surface area contributed by atoms with Crippen LogP contribution in [0.1, 0.15) is 45.3 Å². The molecule has 3 heteroatoms. The number of likely N-dealkylation sites (N-methyl/N-ethyl adjacent to an activating group) is 1. The number of hydrogen-bond acceptors (Lipinski definition) is 3. The molecule has 0 saturated heterocycles. The van der Waals surface area contributed by atoms with Gasteiger partial charge in [0.2, 0.25) is 0 Å². The molecule has 0 aromatic carbocycles. The zero-order chi connectivity index (χ0) is 13.9. The smallest absolute Gasteiger partial charge is 0.117 e. The third kappa shape index (κ3) is 2.87. The van der Waals surface area contributed by atoms with Gasteiger partial charge >= 0.3 is 0 Å². The summed E-state index contributed by atoms with van der Waals surface area (Å²) in [5.41, 5.74) is 6.36. The van der Waals surface area contributed by atoms with E-state index in [2.05, 4.69) is 25.8 Å². The zero-order valence-corrected chi connectivity index (χ0v) is 12.6. The standard InChI is InChI=1S/C16H28N2O/c1-13(2)15-8-4-5-9-16(15,12-17)18(3)11-14-7-6-10-19-14/h6-7,10,13,15H,4-5,8-9,11-12,17H2,1-3H3. The van der Waals surface area contributed by atoms with Gasteiger partial charge < -0.3 is 10.2 Å². The summed E-state index contributed by atoms with van der Waals surface area (Å²) in [7, 11) is 2.20. The van der Waals surface area contributed by atoms with E-state index in [9.17, 15) is 0 Å². The van der Waals surface area contributed by atoms with Crippen molar-refractivity contribution >= 4 is 0 Å². The van der Waals surface area contributed by atoms with Crippen molar-refractivity contribution in [2.45, 2.75) is 51.6 Å². The molecule has 0 aliphatic heterocycles. The van der Waals surface area contributed by atoms with E-state index in [1.807, 2.05) is 12.1 Å². The Morgan fingerprint density at radius 2 is 2.26 bits per heavy atom. The highest BCUT2D eigenvalue weighted by Crippen LogP contribution is 2.41. The fourth-order valence-electron chi connectivity index (χ4n) is 3.88. The maximum Gasteiger partial charge on any atom is 0.117 e. The van der Waals surface area contributed by atoms with E-state index in [1.54, 1.807) is 6.26 Å². The summed E-state index contributed by atoms with van der Waals surface area (Å²) in [6.45, 7) is 6.27. The summed E-state index contributed by atoms with van der Waals surface area (Å²) in [6.07, 6.45) is 6.90. The Morgan fingerprint density at radius 1 is 1.47 bits per heavy atom. The van der Waals surface area contributed by atoms with Gasteiger partial charge in [-0.3, -0.25) is 4.90 Å². The monoisotopic (exact) mass is 264 g/mol. The molecule has 1 aromatic heterocycles. The molecule has 2 N–H and O–H groups in total. The summed E-state index contributed by atoms with van der Waals surface area (Å²) < 4.78 is 5.50. The second kappa shape index (κ2) is 6.10. The van der Waals surface area contributed by atoms with Gasteiger partial charge in [0.25, 0.3) is 0 Å². The first-order valence-corrected chi connectivity index (χ1v) is 7.54. The second-order valence-electron chi connectivity index (χ2n) is 6.34. The molecule has 1 saturated carbocycles. The topological polar surface area (TPSA) is 42.4 Å². The average Bonchev–Trinajstić information content (AvgIpc) is 2.91. The molecule has 2 unspecified atom stereocenters. The third-order valence-corrected chi connectivity index (χ3v) is 4.96. The van der Waals surface area contributed by atoms with Crippen LogP contribution in [0.2, 0.25) is 0 Å². The Balaban J connectivity index is 2.18. The molecule has 1 aliphatic rings. The number of nitrogens with two attached hydrogens (primary N) is 1. The Bertz CT molecular complexity index is 374. The van der Waals surface area contributed by atoms with Gasteiger partial charge in [-0.1, -0.05) is 26.7 Å². The summed E-state index contributed by atoms with van der Waals surface area (Å²) in [5, 5.41) is 0. The Labute approximate surface area is 117 Å². The van der Waals surface area contributed by atoms with Gasteiger partial charge in [-0.05, 0) is 43.9 Å². The minimum Gasteiger partial charge on any atom is -0.468 e. The number of furan rings is 1. The predicted molar refractivity (Wildman–Crippen MR) is 78.8 cm³/mol. The largest absolute Gasteiger partial charge is 0.468 e. The van der Waals surface area contributed by atoms with Crippen LogP contribution in [0.5, 0.6) is 0 Å². The maximum absolute atomic E-state index is 6.22. The number of hydrogen-bond donors (Lipinski definition) is 1. The predicted octanol–water partition coefficient (Wildman–Crippen LogP) is 3.26. The van der Waals surface area contributed by atoms with Gasteiger partial charge in [-0.25, -0.2) is 0 Å². The third-order valence-electron chi connectivity index (χ3n) is 4.96. The highest BCUT2D eigenvalue weighted by atomic mass is 16.3. The Hall–Kier alpha value is -0.800. The summed E-state index contributed by atoms with van der Waals surface area (Å²) in [6, 6.07) is 4.01. The first kappa shape index (κ1) is 14.6. The molecule has 2 atom stereocenters. The average molecular weight is 264 g/mol. The molecule has 1 aromatic rings. The second-order valence-corrected chi connectivity index (χ2v) is 6.34. The summed E-state index contributed by atoms with van der Waals surface area (Å²) in [5.74, 6) is 2.40. The lowest BCUT2D eigenvalue weighted by Gasteiger charge is -2.51. The van der Waals surface area contributed by atoms with Gasteiger partial charge in [0.05, 0.1) is 12.8 Å². The van der Waals surface area contributed by atoms with Crippen molar-refractivity contribution in [1.29, 1.82) is 0 Å². The van der Waals surface area contributed by atoms with Crippen molar-refractivity contribution in [3.8, 4) is 0 Å². The van der Waals surface area contributed by atoms with Gasteiger partial charge in [-0.2, -0.15) is 0 Å². The lowest BCUT2D eigenvalue weighted by molar-refractivity contribution is -0.00523. The first-order chi connectivity index (χ1) is 9.10. The minimum absolute atomic E-state index is 0.138. The van der Waals surface area contributed by atoms with E-state index in [1.165, 1.54) is 25.7 Å². The summed E-state index contributed by atoms with van der Waals surface area (Å²) in [4.78, 5) is 2.44. The van der Waals surface area contributed by atoms with E-state index in [-0.39, 0.29) is 5.54 Å². The molecule has 1 aliphatic carbocycles. The van der Waals surface area contributed by atoms with Gasteiger partial charge in [0.15, 0.2) is 0 Å². The normalized spacial score (nSPS) is 28.2. The highest BCUT2D eigenvalue weighted by molar-refractivity contribution is 5.04. The van der Waals surface area contributed by atoms with Crippen molar-refractivity contribution < 1.29 is 4.42 Å². The van der Waals surface area contributed by atoms with E-state index in [0.29, 0.717) is 11.8 Å². The highest BCUT2D eigenvalue weighted by Gasteiger charge is 2.44. The number of nitrogens with zero attached hydrogens (tertiary/aromatic N) is 1. The van der Waals surface area contributed by atoms with Gasteiger partial charge in [-0.15, -0.1) is 0 Å². The fraction of sp³-hybridized carbons (Fsp3) is 0.750. The molecule has 1 fully saturated rings. The molecule has 2 rings (SSSR count). The van der Waals surface area contributed by atoms with Crippen LogP contribution in [-0.4, -0.2) is 24.0 Å². The number of rotatable bonds is 5. The van der Waals surface area contributed by atoms with E-state index < -0.39 is 0 Å². The molecular weight excluding hydrogens is 236 g/mol. The van der Waals surface area contributed by atoms with Crippen molar-refractivity contribution in [3.63, 3.8) is 0 Å². The Morgan fingerprint density at radius 3 is 2.84 bits per heavy atom. The Kier molecular flexibility index (Phi) is 4.69. The van der Waals surface area contributed by atoms with E-state index in [0.717, 1.165) is 18.8 Å². The maximum atomic E-state index is 6.22. The lowest BCUT2D eigenvalue weighted by atomic mass is 9.67. The van der Waals surface area contributed by atoms with Gasteiger partial charge in [0, 0.05) is 12.1 Å². The van der Waals surface area contributed by atoms with Crippen LogP contribution in [0.25, 0.3) is 0 Å². The van der Waals surface area contributed by atoms with Crippen molar-refractivity contribution in [2.24, 2.45) is 17.6 Å². The molecule has 3 nitrogen and oxygen atoms in total. The summed E-state index contributed by atoms with van der Waals surface area (Å²) >= 11 is 0.